The highest BCUT2D eigenvalue weighted by atomic mass is 35.5. The van der Waals surface area contributed by atoms with Crippen LogP contribution in [0.4, 0.5) is 0 Å². The number of benzene rings is 1. The van der Waals surface area contributed by atoms with Gasteiger partial charge in [-0.3, -0.25) is 0 Å². The Hall–Kier alpha value is -1.13. The first kappa shape index (κ1) is 19.9. The van der Waals surface area contributed by atoms with Crippen molar-refractivity contribution in [2.24, 2.45) is 11.1 Å². The van der Waals surface area contributed by atoms with E-state index in [1.54, 1.807) is 20.0 Å². The van der Waals surface area contributed by atoms with Crippen LogP contribution in [0.2, 0.25) is 0 Å². The van der Waals surface area contributed by atoms with E-state index in [1.807, 2.05) is 19.9 Å². The van der Waals surface area contributed by atoms with Crippen LogP contribution >= 0.6 is 12.4 Å². The summed E-state index contributed by atoms with van der Waals surface area (Å²) in [6, 6.07) is 6.57. The van der Waals surface area contributed by atoms with E-state index in [0.29, 0.717) is 24.2 Å². The van der Waals surface area contributed by atoms with Gasteiger partial charge in [-0.2, -0.15) is 5.26 Å². The minimum absolute atomic E-state index is 0. The molecule has 0 saturated carbocycles. The van der Waals surface area contributed by atoms with E-state index in [1.165, 1.54) is 16.4 Å². The van der Waals surface area contributed by atoms with Gasteiger partial charge in [-0.25, -0.2) is 12.7 Å². The maximum Gasteiger partial charge on any atom is 0.243 e. The Bertz CT molecular complexity index is 636. The van der Waals surface area contributed by atoms with Gasteiger partial charge in [-0.15, -0.1) is 12.4 Å². The first-order valence-corrected chi connectivity index (χ1v) is 7.75. The highest BCUT2D eigenvalue weighted by molar-refractivity contribution is 7.89. The lowest BCUT2D eigenvalue weighted by Crippen LogP contribution is -2.39. The lowest BCUT2D eigenvalue weighted by atomic mass is 9.94. The van der Waals surface area contributed by atoms with E-state index < -0.39 is 10.0 Å². The minimum atomic E-state index is -3.57. The molecule has 0 bridgehead atoms. The van der Waals surface area contributed by atoms with Crippen molar-refractivity contribution in [1.82, 2.24) is 4.31 Å². The summed E-state index contributed by atoms with van der Waals surface area (Å²) in [5, 5.41) is 8.83. The molecule has 1 aromatic carbocycles. The fourth-order valence-corrected chi connectivity index (χ4v) is 3.49. The van der Waals surface area contributed by atoms with Gasteiger partial charge in [0.1, 0.15) is 0 Å². The van der Waals surface area contributed by atoms with Crippen molar-refractivity contribution < 1.29 is 8.42 Å². The van der Waals surface area contributed by atoms with Gasteiger partial charge in [0.25, 0.3) is 0 Å². The van der Waals surface area contributed by atoms with Crippen molar-refractivity contribution in [3.8, 4) is 6.07 Å². The second-order valence-corrected chi connectivity index (χ2v) is 7.73. The van der Waals surface area contributed by atoms with Gasteiger partial charge in [-0.05, 0) is 42.6 Å². The van der Waals surface area contributed by atoms with E-state index >= 15 is 0 Å². The summed E-state index contributed by atoms with van der Waals surface area (Å²) < 4.78 is 26.4. The fourth-order valence-electron chi connectivity index (χ4n) is 1.93. The van der Waals surface area contributed by atoms with Crippen molar-refractivity contribution in [2.45, 2.75) is 25.7 Å². The standard InChI is InChI=1S/C14H21N3O2S.ClH/c1-11-7-12(8-15)5-6-13(11)20(18,19)17(4)10-14(2,3)9-16;/h5-7H,9-10,16H2,1-4H3;1H. The zero-order chi connectivity index (χ0) is 15.6. The van der Waals surface area contributed by atoms with Crippen LogP contribution in [-0.4, -0.2) is 32.9 Å². The van der Waals surface area contributed by atoms with Crippen molar-refractivity contribution in [3.05, 3.63) is 29.3 Å². The number of nitriles is 1. The number of nitrogens with zero attached hydrogens (tertiary/aromatic N) is 2. The highest BCUT2D eigenvalue weighted by Gasteiger charge is 2.28. The molecular weight excluding hydrogens is 310 g/mol. The monoisotopic (exact) mass is 331 g/mol. The number of hydrogen-bond acceptors (Lipinski definition) is 4. The van der Waals surface area contributed by atoms with Crippen LogP contribution in [0, 0.1) is 23.7 Å². The molecule has 21 heavy (non-hydrogen) atoms. The first-order valence-electron chi connectivity index (χ1n) is 6.31. The SMILES string of the molecule is Cc1cc(C#N)ccc1S(=O)(=O)N(C)CC(C)(C)CN.Cl. The Balaban J connectivity index is 0.00000400. The summed E-state index contributed by atoms with van der Waals surface area (Å²) in [4.78, 5) is 0.229. The normalized spacial score (nSPS) is 11.9. The second kappa shape index (κ2) is 7.23. The van der Waals surface area contributed by atoms with Crippen LogP contribution in [0.5, 0.6) is 0 Å². The van der Waals surface area contributed by atoms with Gasteiger partial charge >= 0.3 is 0 Å². The number of aryl methyl sites for hydroxylation is 1. The Labute approximate surface area is 133 Å². The maximum absolute atomic E-state index is 12.5. The number of nitrogens with two attached hydrogens (primary N) is 1. The molecule has 5 nitrogen and oxygen atoms in total. The van der Waals surface area contributed by atoms with Gasteiger partial charge in [0.15, 0.2) is 0 Å². The molecule has 0 atom stereocenters. The Morgan fingerprint density at radius 2 is 1.95 bits per heavy atom. The molecule has 0 spiro atoms. The molecule has 0 radical (unpaired) electrons. The van der Waals surface area contributed by atoms with Gasteiger partial charge in [-0.1, -0.05) is 13.8 Å². The molecule has 0 unspecified atom stereocenters. The van der Waals surface area contributed by atoms with E-state index in [4.69, 9.17) is 11.0 Å². The largest absolute Gasteiger partial charge is 0.330 e. The van der Waals surface area contributed by atoms with Crippen LogP contribution in [0.1, 0.15) is 25.0 Å². The lowest BCUT2D eigenvalue weighted by Gasteiger charge is -2.28. The van der Waals surface area contributed by atoms with Gasteiger partial charge in [0.2, 0.25) is 10.0 Å². The third-order valence-electron chi connectivity index (χ3n) is 3.20. The molecule has 0 aliphatic carbocycles. The third-order valence-corrected chi connectivity index (χ3v) is 5.16. The molecule has 0 aromatic heterocycles. The summed E-state index contributed by atoms with van der Waals surface area (Å²) in [6.07, 6.45) is 0. The summed E-state index contributed by atoms with van der Waals surface area (Å²) >= 11 is 0. The van der Waals surface area contributed by atoms with Gasteiger partial charge < -0.3 is 5.73 Å². The molecule has 0 aliphatic heterocycles. The number of hydrogen-bond donors (Lipinski definition) is 1. The summed E-state index contributed by atoms with van der Waals surface area (Å²) in [7, 11) is -2.02. The summed E-state index contributed by atoms with van der Waals surface area (Å²) in [6.45, 7) is 6.27. The number of rotatable bonds is 5. The topological polar surface area (TPSA) is 87.2 Å². The number of sulfonamides is 1. The Morgan fingerprint density at radius 1 is 1.38 bits per heavy atom. The molecule has 1 aromatic rings. The number of halogens is 1. The average molecular weight is 332 g/mol. The van der Waals surface area contributed by atoms with Crippen molar-refractivity contribution >= 4 is 22.4 Å². The first-order chi connectivity index (χ1) is 9.14. The van der Waals surface area contributed by atoms with Gasteiger partial charge in [0.05, 0.1) is 16.5 Å². The average Bonchev–Trinajstić information content (AvgIpc) is 2.37. The van der Waals surface area contributed by atoms with Crippen LogP contribution < -0.4 is 5.73 Å². The van der Waals surface area contributed by atoms with E-state index in [0.717, 1.165) is 0 Å². The lowest BCUT2D eigenvalue weighted by molar-refractivity contribution is 0.292. The van der Waals surface area contributed by atoms with Crippen LogP contribution in [0.3, 0.4) is 0 Å². The molecule has 0 saturated heterocycles. The Morgan fingerprint density at radius 3 is 2.38 bits per heavy atom. The van der Waals surface area contributed by atoms with Gasteiger partial charge in [0, 0.05) is 13.6 Å². The predicted octanol–water partition coefficient (Wildman–Crippen LogP) is 1.89. The maximum atomic E-state index is 12.5. The molecule has 7 heteroatoms. The fraction of sp³-hybridized carbons (Fsp3) is 0.500. The van der Waals surface area contributed by atoms with E-state index in [9.17, 15) is 8.42 Å². The smallest absolute Gasteiger partial charge is 0.243 e. The third kappa shape index (κ3) is 4.68. The molecule has 0 amide bonds. The molecule has 1 rings (SSSR count). The van der Waals surface area contributed by atoms with Crippen LogP contribution in [0.15, 0.2) is 23.1 Å². The van der Waals surface area contributed by atoms with E-state index in [2.05, 4.69) is 0 Å². The Kier molecular flexibility index (Phi) is 6.84. The molecule has 2 N–H and O–H groups in total. The molecule has 0 fully saturated rings. The minimum Gasteiger partial charge on any atom is -0.330 e. The van der Waals surface area contributed by atoms with Crippen molar-refractivity contribution in [3.63, 3.8) is 0 Å². The second-order valence-electron chi connectivity index (χ2n) is 5.72. The zero-order valence-electron chi connectivity index (χ0n) is 12.8. The predicted molar refractivity (Wildman–Crippen MR) is 85.8 cm³/mol. The molecule has 0 aliphatic rings. The molecule has 118 valence electrons. The molecular formula is C14H22ClN3O2S. The van der Waals surface area contributed by atoms with Crippen LogP contribution in [-0.2, 0) is 10.0 Å². The summed E-state index contributed by atoms with van der Waals surface area (Å²) in [5.41, 5.74) is 6.38. The zero-order valence-corrected chi connectivity index (χ0v) is 14.4. The van der Waals surface area contributed by atoms with Crippen molar-refractivity contribution in [1.29, 1.82) is 5.26 Å². The highest BCUT2D eigenvalue weighted by Crippen LogP contribution is 2.23. The molecule has 0 heterocycles. The quantitative estimate of drug-likeness (QED) is 0.892. The summed E-state index contributed by atoms with van der Waals surface area (Å²) in [5.74, 6) is 0. The van der Waals surface area contributed by atoms with E-state index in [-0.39, 0.29) is 22.7 Å². The van der Waals surface area contributed by atoms with Crippen molar-refractivity contribution in [2.75, 3.05) is 20.1 Å². The van der Waals surface area contributed by atoms with Crippen LogP contribution in [0.25, 0.3) is 0 Å².